The fourth-order valence-electron chi connectivity index (χ4n) is 3.77. The summed E-state index contributed by atoms with van der Waals surface area (Å²) in [6.07, 6.45) is -0.0647. The van der Waals surface area contributed by atoms with Crippen LogP contribution in [0.25, 0.3) is 0 Å². The molecule has 0 spiro atoms. The number of carbonyl (C=O) groups is 1. The highest BCUT2D eigenvalue weighted by Crippen LogP contribution is 2.29. The zero-order chi connectivity index (χ0) is 21.8. The average Bonchev–Trinajstić information content (AvgIpc) is 2.65. The molecule has 0 aromatic heterocycles. The number of nitrogens with zero attached hydrogens (tertiary/aromatic N) is 3. The number of hydrogen-bond acceptors (Lipinski definition) is 6. The Morgan fingerprint density at radius 1 is 1.10 bits per heavy atom. The third-order valence-electron chi connectivity index (χ3n) is 5.18. The van der Waals surface area contributed by atoms with Gasteiger partial charge in [-0.1, -0.05) is 13.8 Å². The Hall–Kier alpha value is -1.83. The molecule has 2 rings (SSSR count). The predicted octanol–water partition coefficient (Wildman–Crippen LogP) is 4.42. The van der Waals surface area contributed by atoms with Gasteiger partial charge in [0.25, 0.3) is 0 Å². The van der Waals surface area contributed by atoms with E-state index in [1.54, 1.807) is 32.9 Å². The third-order valence-corrected chi connectivity index (χ3v) is 5.18. The van der Waals surface area contributed by atoms with E-state index >= 15 is 0 Å². The van der Waals surface area contributed by atoms with Crippen molar-refractivity contribution in [3.63, 3.8) is 0 Å². The molecule has 1 heterocycles. The summed E-state index contributed by atoms with van der Waals surface area (Å²) in [5.41, 5.74) is 0.384. The molecule has 1 aromatic rings. The van der Waals surface area contributed by atoms with Gasteiger partial charge in [-0.05, 0) is 57.9 Å². The van der Waals surface area contributed by atoms with E-state index in [1.165, 1.54) is 0 Å². The normalized spacial score (nSPS) is 19.0. The first-order valence-corrected chi connectivity index (χ1v) is 10.4. The molecule has 29 heavy (non-hydrogen) atoms. The van der Waals surface area contributed by atoms with Crippen LogP contribution in [0.5, 0.6) is 5.75 Å². The molecular weight excluding hydrogens is 370 g/mol. The molecule has 164 valence electrons. The third kappa shape index (κ3) is 5.84. The molecule has 1 aliphatic heterocycles. The summed E-state index contributed by atoms with van der Waals surface area (Å²) < 4.78 is 9.72. The Balaban J connectivity index is 2.16. The lowest BCUT2D eigenvalue weighted by Gasteiger charge is -2.52. The summed E-state index contributed by atoms with van der Waals surface area (Å²) in [7, 11) is 1.65. The van der Waals surface area contributed by atoms with Crippen LogP contribution in [-0.4, -0.2) is 60.8 Å². The molecule has 0 radical (unpaired) electrons. The number of benzene rings is 1. The van der Waals surface area contributed by atoms with Gasteiger partial charge in [0, 0.05) is 25.2 Å². The monoisotopic (exact) mass is 407 g/mol. The van der Waals surface area contributed by atoms with Crippen LogP contribution >= 0.6 is 0 Å². The molecule has 1 saturated heterocycles. The van der Waals surface area contributed by atoms with E-state index in [1.807, 2.05) is 31.2 Å². The molecule has 0 bridgehead atoms. The molecular formula is C22H37N3O4. The molecule has 2 unspecified atom stereocenters. The second kappa shape index (κ2) is 9.32. The van der Waals surface area contributed by atoms with E-state index in [0.29, 0.717) is 38.5 Å². The van der Waals surface area contributed by atoms with E-state index in [9.17, 15) is 10.0 Å². The number of rotatable bonds is 6. The lowest BCUT2D eigenvalue weighted by molar-refractivity contribution is -0.951. The summed E-state index contributed by atoms with van der Waals surface area (Å²) >= 11 is 0. The van der Waals surface area contributed by atoms with Gasteiger partial charge in [-0.2, -0.15) is 9.55 Å². The Kier molecular flexibility index (Phi) is 7.54. The van der Waals surface area contributed by atoms with Gasteiger partial charge in [-0.3, -0.25) is 0 Å². The van der Waals surface area contributed by atoms with E-state index in [4.69, 9.17) is 9.47 Å². The van der Waals surface area contributed by atoms with Crippen LogP contribution in [0.3, 0.4) is 0 Å². The zero-order valence-corrected chi connectivity index (χ0v) is 19.0. The number of hydroxylamine groups is 2. The summed E-state index contributed by atoms with van der Waals surface area (Å²) in [5.74, 6) is 1.13. The van der Waals surface area contributed by atoms with Crippen molar-refractivity contribution >= 4 is 11.8 Å². The molecule has 1 amide bonds. The molecule has 0 saturated carbocycles. The van der Waals surface area contributed by atoms with Crippen LogP contribution in [0.4, 0.5) is 10.5 Å². The Morgan fingerprint density at radius 2 is 1.66 bits per heavy atom. The van der Waals surface area contributed by atoms with Crippen molar-refractivity contribution in [3.05, 3.63) is 29.5 Å². The molecule has 7 nitrogen and oxygen atoms in total. The lowest BCUT2D eigenvalue weighted by Crippen LogP contribution is -2.68. The van der Waals surface area contributed by atoms with Crippen LogP contribution in [0.1, 0.15) is 48.0 Å². The van der Waals surface area contributed by atoms with E-state index < -0.39 is 22.5 Å². The van der Waals surface area contributed by atoms with Gasteiger partial charge in [0.15, 0.2) is 0 Å². The number of anilines is 1. The van der Waals surface area contributed by atoms with Gasteiger partial charge in [-0.25, -0.2) is 0 Å². The minimum absolute atomic E-state index is 0.319. The maximum Gasteiger partial charge on any atom is 0.537 e. The van der Waals surface area contributed by atoms with Gasteiger partial charge in [-0.15, -0.1) is 5.01 Å². The summed E-state index contributed by atoms with van der Waals surface area (Å²) in [6.45, 7) is 13.7. The van der Waals surface area contributed by atoms with Crippen molar-refractivity contribution in [3.8, 4) is 5.75 Å². The number of hydrogen-bond donors (Lipinski definition) is 0. The summed E-state index contributed by atoms with van der Waals surface area (Å²) in [4.78, 5) is 15.2. The molecule has 0 N–H and O–H groups in total. The Bertz CT molecular complexity index is 664. The first-order valence-electron chi connectivity index (χ1n) is 10.4. The second-order valence-electron chi connectivity index (χ2n) is 9.22. The van der Waals surface area contributed by atoms with Crippen LogP contribution in [0.15, 0.2) is 24.3 Å². The fraction of sp³-hybridized carbons (Fsp3) is 0.682. The quantitative estimate of drug-likeness (QED) is 0.514. The highest BCUT2D eigenvalue weighted by molar-refractivity contribution is 5.60. The minimum atomic E-state index is -1.05. The van der Waals surface area contributed by atoms with Crippen molar-refractivity contribution in [2.24, 2.45) is 5.92 Å². The van der Waals surface area contributed by atoms with Gasteiger partial charge >= 0.3 is 6.09 Å². The molecule has 1 aromatic carbocycles. The van der Waals surface area contributed by atoms with Gasteiger partial charge in [0.05, 0.1) is 20.2 Å². The Labute approximate surface area is 175 Å². The van der Waals surface area contributed by atoms with Crippen LogP contribution in [0, 0.1) is 11.1 Å². The second-order valence-corrected chi connectivity index (χ2v) is 9.22. The topological polar surface area (TPSA) is 65.1 Å². The Morgan fingerprint density at radius 3 is 2.10 bits per heavy atom. The summed E-state index contributed by atoms with van der Waals surface area (Å²) in [5, 5.41) is 15.7. The number of methoxy groups -OCH3 is 1. The largest absolute Gasteiger partial charge is 0.601 e. The van der Waals surface area contributed by atoms with Crippen molar-refractivity contribution < 1.29 is 19.0 Å². The standard InChI is InChI=1S/C22H37N3O4/c1-17(2)16-18(3)25(27,21(26)29-22(4,5)6)24-14-12-23(13-15-24)19-8-10-20(28-7)11-9-19/h8-11,17-18H,12-16H2,1-7H3. The van der Waals surface area contributed by atoms with Crippen molar-refractivity contribution in [2.75, 3.05) is 38.2 Å². The molecule has 7 heteroatoms. The highest BCUT2D eigenvalue weighted by atomic mass is 16.7. The number of carbonyl (C=O) groups excluding carboxylic acids is 1. The smallest absolute Gasteiger partial charge is 0.537 e. The van der Waals surface area contributed by atoms with E-state index in [0.717, 1.165) is 11.4 Å². The molecule has 0 aliphatic carbocycles. The van der Waals surface area contributed by atoms with E-state index in [-0.39, 0.29) is 0 Å². The molecule has 2 atom stereocenters. The molecule has 1 fully saturated rings. The van der Waals surface area contributed by atoms with Crippen molar-refractivity contribution in [2.45, 2.75) is 59.6 Å². The van der Waals surface area contributed by atoms with Crippen LogP contribution < -0.4 is 9.64 Å². The lowest BCUT2D eigenvalue weighted by atomic mass is 10.0. The van der Waals surface area contributed by atoms with Crippen LogP contribution in [-0.2, 0) is 4.74 Å². The van der Waals surface area contributed by atoms with Crippen LogP contribution in [0.2, 0.25) is 0 Å². The summed E-state index contributed by atoms with van der Waals surface area (Å²) in [6, 6.07) is 7.49. The first kappa shape index (κ1) is 23.4. The molecule has 1 aliphatic rings. The zero-order valence-electron chi connectivity index (χ0n) is 19.0. The minimum Gasteiger partial charge on any atom is -0.601 e. The van der Waals surface area contributed by atoms with Gasteiger partial charge < -0.3 is 19.6 Å². The number of ether oxygens (including phenoxy) is 2. The number of amides is 1. The predicted molar refractivity (Wildman–Crippen MR) is 116 cm³/mol. The van der Waals surface area contributed by atoms with Gasteiger partial charge in [0.2, 0.25) is 0 Å². The van der Waals surface area contributed by atoms with Crippen molar-refractivity contribution in [1.82, 2.24) is 5.01 Å². The fourth-order valence-corrected chi connectivity index (χ4v) is 3.77. The number of quaternary nitrogens is 1. The first-order chi connectivity index (χ1) is 13.5. The van der Waals surface area contributed by atoms with Crippen molar-refractivity contribution in [1.29, 1.82) is 0 Å². The highest BCUT2D eigenvalue weighted by Gasteiger charge is 2.45. The SMILES string of the molecule is COc1ccc(N2CCN([N+]([O-])(C(=O)OC(C)(C)C)C(C)CC(C)C)CC2)cc1. The number of piperazine rings is 1. The maximum atomic E-state index is 14.0. The average molecular weight is 408 g/mol. The van der Waals surface area contributed by atoms with Gasteiger partial charge in [0.1, 0.15) is 17.4 Å². The maximum absolute atomic E-state index is 14.0. The van der Waals surface area contributed by atoms with E-state index in [2.05, 4.69) is 18.7 Å².